The molecular formula is C30H24ClN3O5S. The van der Waals surface area contributed by atoms with Crippen LogP contribution in [0.2, 0.25) is 5.02 Å². The van der Waals surface area contributed by atoms with Crippen molar-refractivity contribution in [3.63, 3.8) is 0 Å². The van der Waals surface area contributed by atoms with Gasteiger partial charge in [-0.25, -0.2) is 9.78 Å². The lowest BCUT2D eigenvalue weighted by Crippen LogP contribution is -2.13. The first kappa shape index (κ1) is 28.5. The number of amides is 1. The van der Waals surface area contributed by atoms with Gasteiger partial charge in [-0.1, -0.05) is 41.9 Å². The standard InChI is InChI=1S/C30H24ClN3O5S/c1-38-20-9-11-27(39-2)22(15-20)21-16-26(18-6-4-3-5-7-18)34-29(24(21)17-32)40-13-12-28(35)33-19-8-10-25(31)23(14-19)30(36)37/h3-11,14-16H,12-13H2,1-2H3,(H,33,35)(H,36,37). The number of ether oxygens (including phenoxy) is 2. The van der Waals surface area contributed by atoms with E-state index in [1.54, 1.807) is 26.4 Å². The van der Waals surface area contributed by atoms with E-state index in [1.807, 2.05) is 42.5 Å². The van der Waals surface area contributed by atoms with Gasteiger partial charge in [-0.2, -0.15) is 5.26 Å². The molecule has 0 aliphatic heterocycles. The monoisotopic (exact) mass is 573 g/mol. The smallest absolute Gasteiger partial charge is 0.337 e. The number of hydrogen-bond donors (Lipinski definition) is 2. The number of hydrogen-bond acceptors (Lipinski definition) is 7. The maximum Gasteiger partial charge on any atom is 0.337 e. The molecular weight excluding hydrogens is 550 g/mol. The van der Waals surface area contributed by atoms with Crippen LogP contribution in [-0.4, -0.2) is 41.9 Å². The third kappa shape index (κ3) is 6.54. The summed E-state index contributed by atoms with van der Waals surface area (Å²) in [5, 5.41) is 22.7. The average molecular weight is 574 g/mol. The number of nitriles is 1. The number of halogens is 1. The van der Waals surface area contributed by atoms with Crippen LogP contribution in [0.1, 0.15) is 22.3 Å². The zero-order valence-electron chi connectivity index (χ0n) is 21.6. The Morgan fingerprint density at radius 2 is 1.80 bits per heavy atom. The maximum atomic E-state index is 12.6. The highest BCUT2D eigenvalue weighted by Crippen LogP contribution is 2.40. The van der Waals surface area contributed by atoms with Gasteiger partial charge in [0.1, 0.15) is 22.6 Å². The summed E-state index contributed by atoms with van der Waals surface area (Å²) in [6, 6.07) is 23.3. The van der Waals surface area contributed by atoms with Crippen LogP contribution in [0.15, 0.2) is 77.8 Å². The second-order valence-electron chi connectivity index (χ2n) is 8.43. The van der Waals surface area contributed by atoms with Crippen molar-refractivity contribution in [1.29, 1.82) is 5.26 Å². The number of aromatic carboxylic acids is 1. The largest absolute Gasteiger partial charge is 0.497 e. The highest BCUT2D eigenvalue weighted by molar-refractivity contribution is 7.99. The Hall–Kier alpha value is -4.52. The van der Waals surface area contributed by atoms with E-state index < -0.39 is 5.97 Å². The van der Waals surface area contributed by atoms with E-state index in [4.69, 9.17) is 26.1 Å². The fourth-order valence-electron chi connectivity index (χ4n) is 3.96. The molecule has 0 bridgehead atoms. The molecule has 1 aromatic heterocycles. The van der Waals surface area contributed by atoms with Gasteiger partial charge in [0.05, 0.1) is 36.1 Å². The normalized spacial score (nSPS) is 10.4. The van der Waals surface area contributed by atoms with Gasteiger partial charge in [0.2, 0.25) is 5.91 Å². The topological polar surface area (TPSA) is 122 Å². The number of nitrogens with zero attached hydrogens (tertiary/aromatic N) is 2. The molecule has 0 radical (unpaired) electrons. The average Bonchev–Trinajstić information content (AvgIpc) is 2.97. The molecule has 0 atom stereocenters. The molecule has 4 aromatic rings. The van der Waals surface area contributed by atoms with E-state index >= 15 is 0 Å². The molecule has 0 aliphatic rings. The maximum absolute atomic E-state index is 12.6. The summed E-state index contributed by atoms with van der Waals surface area (Å²) in [6.45, 7) is 0. The van der Waals surface area contributed by atoms with E-state index in [0.717, 1.165) is 5.56 Å². The lowest BCUT2D eigenvalue weighted by Gasteiger charge is -2.15. The number of methoxy groups -OCH3 is 2. The minimum atomic E-state index is -1.19. The Labute approximate surface area is 240 Å². The van der Waals surface area contributed by atoms with Gasteiger partial charge in [0.15, 0.2) is 0 Å². The Kier molecular flexibility index (Phi) is 9.27. The number of aromatic nitrogens is 1. The first-order valence-electron chi connectivity index (χ1n) is 12.0. The number of anilines is 1. The molecule has 10 heteroatoms. The van der Waals surface area contributed by atoms with Gasteiger partial charge in [-0.3, -0.25) is 4.79 Å². The summed E-state index contributed by atoms with van der Waals surface area (Å²) in [5.74, 6) is -0.00895. The van der Waals surface area contributed by atoms with Crippen molar-refractivity contribution in [2.75, 3.05) is 25.3 Å². The van der Waals surface area contributed by atoms with Crippen molar-refractivity contribution >= 4 is 40.9 Å². The minimum absolute atomic E-state index is 0.0814. The quantitative estimate of drug-likeness (QED) is 0.199. The van der Waals surface area contributed by atoms with Crippen LogP contribution in [0, 0.1) is 11.3 Å². The van der Waals surface area contributed by atoms with Crippen molar-refractivity contribution < 1.29 is 24.2 Å². The van der Waals surface area contributed by atoms with Crippen molar-refractivity contribution in [2.24, 2.45) is 0 Å². The summed E-state index contributed by atoms with van der Waals surface area (Å²) >= 11 is 7.19. The van der Waals surface area contributed by atoms with Crippen LogP contribution < -0.4 is 14.8 Å². The van der Waals surface area contributed by atoms with Crippen LogP contribution in [-0.2, 0) is 4.79 Å². The number of nitrogens with one attached hydrogen (secondary N) is 1. The van der Waals surface area contributed by atoms with E-state index in [-0.39, 0.29) is 22.9 Å². The van der Waals surface area contributed by atoms with Crippen LogP contribution in [0.25, 0.3) is 22.4 Å². The fraction of sp³-hybridized carbons (Fsp3) is 0.133. The van der Waals surface area contributed by atoms with Crippen molar-refractivity contribution in [3.05, 3.63) is 88.9 Å². The number of benzene rings is 3. The first-order chi connectivity index (χ1) is 19.3. The third-order valence-electron chi connectivity index (χ3n) is 5.91. The summed E-state index contributed by atoms with van der Waals surface area (Å²) in [4.78, 5) is 28.7. The predicted octanol–water partition coefficient (Wildman–Crippen LogP) is 6.78. The number of thioether (sulfide) groups is 1. The molecule has 2 N–H and O–H groups in total. The predicted molar refractivity (Wildman–Crippen MR) is 155 cm³/mol. The molecule has 40 heavy (non-hydrogen) atoms. The van der Waals surface area contributed by atoms with Crippen molar-refractivity contribution in [2.45, 2.75) is 11.4 Å². The van der Waals surface area contributed by atoms with Crippen LogP contribution in [0.3, 0.4) is 0 Å². The Morgan fingerprint density at radius 1 is 1.02 bits per heavy atom. The lowest BCUT2D eigenvalue weighted by molar-refractivity contribution is -0.115. The van der Waals surface area contributed by atoms with Gasteiger partial charge in [0.25, 0.3) is 0 Å². The van der Waals surface area contributed by atoms with Gasteiger partial charge in [-0.05, 0) is 42.5 Å². The van der Waals surface area contributed by atoms with Gasteiger partial charge >= 0.3 is 5.97 Å². The number of carboxylic acid groups (broad SMARTS) is 1. The van der Waals surface area contributed by atoms with E-state index in [9.17, 15) is 20.0 Å². The number of pyridine rings is 1. The Bertz CT molecular complexity index is 1610. The molecule has 3 aromatic carbocycles. The zero-order valence-corrected chi connectivity index (χ0v) is 23.2. The molecule has 0 saturated carbocycles. The van der Waals surface area contributed by atoms with Gasteiger partial charge < -0.3 is 19.9 Å². The molecule has 1 heterocycles. The second-order valence-corrected chi connectivity index (χ2v) is 9.92. The van der Waals surface area contributed by atoms with Gasteiger partial charge in [0, 0.05) is 34.6 Å². The summed E-state index contributed by atoms with van der Waals surface area (Å²) in [6.07, 6.45) is 0.0929. The van der Waals surface area contributed by atoms with Crippen molar-refractivity contribution in [3.8, 4) is 40.0 Å². The van der Waals surface area contributed by atoms with E-state index in [0.29, 0.717) is 50.3 Å². The highest BCUT2D eigenvalue weighted by atomic mass is 35.5. The molecule has 0 saturated heterocycles. The highest BCUT2D eigenvalue weighted by Gasteiger charge is 2.20. The Morgan fingerprint density at radius 3 is 2.48 bits per heavy atom. The van der Waals surface area contributed by atoms with E-state index in [1.165, 1.54) is 30.0 Å². The summed E-state index contributed by atoms with van der Waals surface area (Å²) < 4.78 is 11.0. The number of carboxylic acids is 1. The number of carbonyl (C=O) groups excluding carboxylic acids is 1. The van der Waals surface area contributed by atoms with Crippen molar-refractivity contribution in [1.82, 2.24) is 4.98 Å². The molecule has 1 amide bonds. The van der Waals surface area contributed by atoms with Crippen LogP contribution >= 0.6 is 23.4 Å². The van der Waals surface area contributed by atoms with Crippen LogP contribution in [0.4, 0.5) is 5.69 Å². The minimum Gasteiger partial charge on any atom is -0.497 e. The lowest BCUT2D eigenvalue weighted by atomic mass is 9.98. The molecule has 0 unspecified atom stereocenters. The Balaban J connectivity index is 1.64. The van der Waals surface area contributed by atoms with E-state index in [2.05, 4.69) is 11.4 Å². The molecule has 0 aliphatic carbocycles. The molecule has 202 valence electrons. The number of carbonyl (C=O) groups is 2. The number of rotatable bonds is 10. The van der Waals surface area contributed by atoms with Crippen LogP contribution in [0.5, 0.6) is 11.5 Å². The fourth-order valence-corrected chi connectivity index (χ4v) is 5.10. The van der Waals surface area contributed by atoms with Gasteiger partial charge in [-0.15, -0.1) is 11.8 Å². The molecule has 8 nitrogen and oxygen atoms in total. The zero-order chi connectivity index (χ0) is 28.6. The molecule has 4 rings (SSSR count). The third-order valence-corrected chi connectivity index (χ3v) is 7.22. The molecule has 0 spiro atoms. The summed E-state index contributed by atoms with van der Waals surface area (Å²) in [5.41, 5.74) is 3.40. The summed E-state index contributed by atoms with van der Waals surface area (Å²) in [7, 11) is 3.13. The SMILES string of the molecule is COc1ccc(OC)c(-c2cc(-c3ccccc3)nc(SCCC(=O)Nc3ccc(Cl)c(C(=O)O)c3)c2C#N)c1. The second kappa shape index (κ2) is 13.0. The first-order valence-corrected chi connectivity index (χ1v) is 13.4. The molecule has 0 fully saturated rings.